The van der Waals surface area contributed by atoms with Crippen LogP contribution in [0.2, 0.25) is 0 Å². The average Bonchev–Trinajstić information content (AvgIpc) is 2.86. The Hall–Kier alpha value is -3.65. The van der Waals surface area contributed by atoms with E-state index in [2.05, 4.69) is 124 Å². The van der Waals surface area contributed by atoms with Crippen LogP contribution in [-0.4, -0.2) is 18.8 Å². The molecule has 0 atom stereocenters. The minimum Gasteiger partial charge on any atom is -0.385 e. The van der Waals surface area contributed by atoms with Gasteiger partial charge in [0.1, 0.15) is 0 Å². The van der Waals surface area contributed by atoms with Crippen LogP contribution in [0.15, 0.2) is 107 Å². The first kappa shape index (κ1) is 22.2. The van der Waals surface area contributed by atoms with Gasteiger partial charge in [0.2, 0.25) is 0 Å². The highest BCUT2D eigenvalue weighted by Crippen LogP contribution is 2.50. The monoisotopic (exact) mass is 444 g/mol. The van der Waals surface area contributed by atoms with E-state index in [1.54, 1.807) is 0 Å². The number of aliphatic imine (C=N–C) groups is 1. The molecule has 0 aliphatic heterocycles. The number of benzene rings is 3. The fraction of sp³-hybridized carbons (Fsp3) is 0.219. The van der Waals surface area contributed by atoms with Gasteiger partial charge in [-0.2, -0.15) is 0 Å². The Morgan fingerprint density at radius 3 is 2.21 bits per heavy atom. The number of nitrogens with one attached hydrogen (secondary N) is 1. The molecular formula is C32H32N2. The summed E-state index contributed by atoms with van der Waals surface area (Å²) in [4.78, 5) is 4.70. The summed E-state index contributed by atoms with van der Waals surface area (Å²) in [5, 5.41) is 3.50. The van der Waals surface area contributed by atoms with Crippen LogP contribution in [0.1, 0.15) is 44.4 Å². The normalized spacial score (nSPS) is 17.3. The van der Waals surface area contributed by atoms with Crippen LogP contribution in [0.3, 0.4) is 0 Å². The second kappa shape index (κ2) is 8.95. The molecule has 3 aromatic rings. The summed E-state index contributed by atoms with van der Waals surface area (Å²) in [5.41, 5.74) is 12.4. The number of hydrogen-bond donors (Lipinski definition) is 1. The standard InChI is InChI=1S/C32H32N2/c1-5-33-25-16-18-27-29(20-25)32(3,4)30-21-26(34-6-2)17-19-28(30)31(27)24-14-12-23(13-15-24)22-10-8-7-9-11-22/h7-21,33H,5-6H2,1-4H3. The van der Waals surface area contributed by atoms with Crippen molar-refractivity contribution in [2.75, 3.05) is 18.4 Å². The molecule has 34 heavy (non-hydrogen) atoms. The van der Waals surface area contributed by atoms with Crippen LogP contribution in [-0.2, 0) is 5.41 Å². The minimum absolute atomic E-state index is 0.122. The molecule has 2 aliphatic rings. The van der Waals surface area contributed by atoms with Gasteiger partial charge in [-0.15, -0.1) is 0 Å². The van der Waals surface area contributed by atoms with Gasteiger partial charge >= 0.3 is 0 Å². The molecule has 0 aromatic heterocycles. The van der Waals surface area contributed by atoms with E-state index in [4.69, 9.17) is 4.99 Å². The molecule has 0 saturated carbocycles. The molecule has 5 rings (SSSR count). The SMILES string of the molecule is CCN=C1C=CC2=C(c3ccc(-c4ccccc4)cc3)c3ccc(NCC)cc3C(C)(C)C2=C1. The van der Waals surface area contributed by atoms with E-state index < -0.39 is 0 Å². The molecule has 0 fully saturated rings. The number of fused-ring (bicyclic) bond motifs is 2. The first-order chi connectivity index (χ1) is 16.5. The second-order valence-corrected chi connectivity index (χ2v) is 9.44. The summed E-state index contributed by atoms with van der Waals surface area (Å²) in [7, 11) is 0. The van der Waals surface area contributed by atoms with Crippen molar-refractivity contribution in [2.24, 2.45) is 4.99 Å². The average molecular weight is 445 g/mol. The highest BCUT2D eigenvalue weighted by Gasteiger charge is 2.37. The number of nitrogens with zero attached hydrogens (tertiary/aromatic N) is 1. The van der Waals surface area contributed by atoms with E-state index in [0.717, 1.165) is 18.8 Å². The molecule has 0 radical (unpaired) electrons. The van der Waals surface area contributed by atoms with Gasteiger partial charge in [-0.3, -0.25) is 4.99 Å². The number of anilines is 1. The Morgan fingerprint density at radius 2 is 1.50 bits per heavy atom. The van der Waals surface area contributed by atoms with E-state index in [-0.39, 0.29) is 5.41 Å². The Balaban J connectivity index is 1.71. The molecule has 2 nitrogen and oxygen atoms in total. The van der Waals surface area contributed by atoms with Gasteiger partial charge in [0.25, 0.3) is 0 Å². The van der Waals surface area contributed by atoms with Crippen LogP contribution < -0.4 is 5.32 Å². The van der Waals surface area contributed by atoms with Gasteiger partial charge in [-0.05, 0) is 82.7 Å². The Labute approximate surface area is 203 Å². The van der Waals surface area contributed by atoms with Crippen molar-refractivity contribution in [1.82, 2.24) is 0 Å². The van der Waals surface area contributed by atoms with Crippen molar-refractivity contribution in [3.05, 3.63) is 119 Å². The van der Waals surface area contributed by atoms with Crippen LogP contribution in [0.25, 0.3) is 16.7 Å². The molecule has 0 unspecified atom stereocenters. The highest BCUT2D eigenvalue weighted by molar-refractivity contribution is 6.09. The lowest BCUT2D eigenvalue weighted by molar-refractivity contribution is 0.626. The summed E-state index contributed by atoms with van der Waals surface area (Å²) >= 11 is 0. The van der Waals surface area contributed by atoms with E-state index in [0.29, 0.717) is 0 Å². The summed E-state index contributed by atoms with van der Waals surface area (Å²) < 4.78 is 0. The molecule has 2 aliphatic carbocycles. The lowest BCUT2D eigenvalue weighted by atomic mass is 9.64. The van der Waals surface area contributed by atoms with Crippen molar-refractivity contribution in [3.8, 4) is 11.1 Å². The molecule has 170 valence electrons. The van der Waals surface area contributed by atoms with Crippen molar-refractivity contribution >= 4 is 17.0 Å². The van der Waals surface area contributed by atoms with Crippen LogP contribution >= 0.6 is 0 Å². The van der Waals surface area contributed by atoms with Crippen molar-refractivity contribution in [2.45, 2.75) is 33.1 Å². The van der Waals surface area contributed by atoms with Gasteiger partial charge in [0.05, 0.1) is 5.71 Å². The number of rotatable bonds is 5. The minimum atomic E-state index is -0.122. The number of hydrogen-bond acceptors (Lipinski definition) is 2. The quantitative estimate of drug-likeness (QED) is 0.426. The maximum Gasteiger partial charge on any atom is 0.0577 e. The van der Waals surface area contributed by atoms with Crippen LogP contribution in [0, 0.1) is 0 Å². The second-order valence-electron chi connectivity index (χ2n) is 9.44. The molecule has 1 N–H and O–H groups in total. The first-order valence-corrected chi connectivity index (χ1v) is 12.3. The van der Waals surface area contributed by atoms with Gasteiger partial charge in [-0.25, -0.2) is 0 Å². The molecule has 0 bridgehead atoms. The maximum atomic E-state index is 4.70. The zero-order valence-electron chi connectivity index (χ0n) is 20.5. The lowest BCUT2D eigenvalue weighted by Gasteiger charge is -2.39. The molecule has 0 heterocycles. The summed E-state index contributed by atoms with van der Waals surface area (Å²) in [5.74, 6) is 0. The van der Waals surface area contributed by atoms with E-state index in [1.165, 1.54) is 50.2 Å². The Morgan fingerprint density at radius 1 is 0.794 bits per heavy atom. The van der Waals surface area contributed by atoms with Gasteiger partial charge < -0.3 is 5.32 Å². The van der Waals surface area contributed by atoms with E-state index in [1.807, 2.05) is 0 Å². The smallest absolute Gasteiger partial charge is 0.0577 e. The maximum absolute atomic E-state index is 4.70. The predicted molar refractivity (Wildman–Crippen MR) is 147 cm³/mol. The zero-order chi connectivity index (χ0) is 23.7. The van der Waals surface area contributed by atoms with Crippen molar-refractivity contribution < 1.29 is 0 Å². The van der Waals surface area contributed by atoms with Crippen molar-refractivity contribution in [3.63, 3.8) is 0 Å². The zero-order valence-corrected chi connectivity index (χ0v) is 20.5. The van der Waals surface area contributed by atoms with E-state index >= 15 is 0 Å². The topological polar surface area (TPSA) is 24.4 Å². The summed E-state index contributed by atoms with van der Waals surface area (Å²) in [6.07, 6.45) is 6.72. The largest absolute Gasteiger partial charge is 0.385 e. The Bertz CT molecular complexity index is 1330. The van der Waals surface area contributed by atoms with Gasteiger partial charge in [-0.1, -0.05) is 80.6 Å². The third-order valence-corrected chi connectivity index (χ3v) is 6.91. The molecule has 3 aromatic carbocycles. The molecule has 0 saturated heterocycles. The number of allylic oxidation sites excluding steroid dienone is 5. The third kappa shape index (κ3) is 3.84. The first-order valence-electron chi connectivity index (χ1n) is 12.3. The lowest BCUT2D eigenvalue weighted by Crippen LogP contribution is -2.29. The van der Waals surface area contributed by atoms with Crippen LogP contribution in [0.4, 0.5) is 5.69 Å². The fourth-order valence-corrected chi connectivity index (χ4v) is 5.20. The predicted octanol–water partition coefficient (Wildman–Crippen LogP) is 7.84. The summed E-state index contributed by atoms with van der Waals surface area (Å²) in [6.45, 7) is 10.6. The molecule has 0 spiro atoms. The fourth-order valence-electron chi connectivity index (χ4n) is 5.20. The molecule has 2 heteroatoms. The third-order valence-electron chi connectivity index (χ3n) is 6.91. The molecular weight excluding hydrogens is 412 g/mol. The van der Waals surface area contributed by atoms with Crippen LogP contribution in [0.5, 0.6) is 0 Å². The van der Waals surface area contributed by atoms with Crippen molar-refractivity contribution in [1.29, 1.82) is 0 Å². The Kier molecular flexibility index (Phi) is 5.83. The summed E-state index contributed by atoms with van der Waals surface area (Å²) in [6, 6.07) is 26.4. The van der Waals surface area contributed by atoms with E-state index in [9.17, 15) is 0 Å². The van der Waals surface area contributed by atoms with Gasteiger partial charge in [0, 0.05) is 24.2 Å². The highest BCUT2D eigenvalue weighted by atomic mass is 14.8. The van der Waals surface area contributed by atoms with Gasteiger partial charge in [0.15, 0.2) is 0 Å². The molecule has 0 amide bonds.